The van der Waals surface area contributed by atoms with Crippen molar-refractivity contribution in [3.05, 3.63) is 53.1 Å². The Morgan fingerprint density at radius 3 is 2.65 bits per heavy atom. The molecule has 2 aromatic carbocycles. The van der Waals surface area contributed by atoms with Crippen LogP contribution in [0.4, 0.5) is 10.5 Å². The second-order valence-electron chi connectivity index (χ2n) is 7.88. The van der Waals surface area contributed by atoms with Crippen LogP contribution in [0.5, 0.6) is 11.5 Å². The Labute approximate surface area is 187 Å². The lowest BCUT2D eigenvalue weighted by Gasteiger charge is -2.31. The van der Waals surface area contributed by atoms with E-state index in [1.165, 1.54) is 12.1 Å². The summed E-state index contributed by atoms with van der Waals surface area (Å²) < 4.78 is 5.68. The molecule has 3 rings (SSSR count). The summed E-state index contributed by atoms with van der Waals surface area (Å²) in [5.74, 6) is 0.337. The third kappa shape index (κ3) is 6.52. The average molecular weight is 446 g/mol. The molecular weight excluding hydrogens is 418 g/mol. The highest BCUT2D eigenvalue weighted by atomic mass is 35.5. The van der Waals surface area contributed by atoms with E-state index in [0.29, 0.717) is 43.2 Å². The van der Waals surface area contributed by atoms with Crippen molar-refractivity contribution in [1.29, 1.82) is 0 Å². The SMILES string of the molecule is CC(C)Oc1cccc(CNC(=O)N2CCC(C(=O)Nc3cc(Cl)ccc3O)CC2)c1. The molecule has 2 aromatic rings. The maximum absolute atomic E-state index is 12.5. The van der Waals surface area contributed by atoms with Gasteiger partial charge in [0.1, 0.15) is 11.5 Å². The standard InChI is InChI=1S/C23H28ClN3O4/c1-15(2)31-19-5-3-4-16(12-19)14-25-23(30)27-10-8-17(9-11-27)22(29)26-20-13-18(24)6-7-21(20)28/h3-7,12-13,15,17,28H,8-11,14H2,1-2H3,(H,25,30)(H,26,29). The van der Waals surface area contributed by atoms with Gasteiger partial charge in [-0.3, -0.25) is 4.79 Å². The normalized spacial score (nSPS) is 14.4. The monoisotopic (exact) mass is 445 g/mol. The number of nitrogens with one attached hydrogen (secondary N) is 2. The summed E-state index contributed by atoms with van der Waals surface area (Å²) in [5.41, 5.74) is 1.25. The summed E-state index contributed by atoms with van der Waals surface area (Å²) in [6, 6.07) is 12.0. The fraction of sp³-hybridized carbons (Fsp3) is 0.391. The number of urea groups is 1. The minimum Gasteiger partial charge on any atom is -0.506 e. The van der Waals surface area contributed by atoms with Gasteiger partial charge in [0.05, 0.1) is 11.8 Å². The van der Waals surface area contributed by atoms with E-state index in [4.69, 9.17) is 16.3 Å². The lowest BCUT2D eigenvalue weighted by molar-refractivity contribution is -0.121. The highest BCUT2D eigenvalue weighted by molar-refractivity contribution is 6.31. The first-order chi connectivity index (χ1) is 14.8. The number of phenolic OH excluding ortho intramolecular Hbond substituents is 1. The average Bonchev–Trinajstić information content (AvgIpc) is 2.74. The van der Waals surface area contributed by atoms with Crippen molar-refractivity contribution in [3.8, 4) is 11.5 Å². The van der Waals surface area contributed by atoms with Gasteiger partial charge in [0.2, 0.25) is 5.91 Å². The van der Waals surface area contributed by atoms with Gasteiger partial charge in [0, 0.05) is 30.6 Å². The van der Waals surface area contributed by atoms with E-state index in [1.807, 2.05) is 38.1 Å². The lowest BCUT2D eigenvalue weighted by atomic mass is 9.96. The van der Waals surface area contributed by atoms with Crippen molar-refractivity contribution in [2.75, 3.05) is 18.4 Å². The number of nitrogens with zero attached hydrogens (tertiary/aromatic N) is 1. The van der Waals surface area contributed by atoms with Crippen LogP contribution in [0.3, 0.4) is 0 Å². The Morgan fingerprint density at radius 1 is 1.19 bits per heavy atom. The molecule has 1 aliphatic rings. The number of phenols is 1. The van der Waals surface area contributed by atoms with E-state index in [-0.39, 0.29) is 29.7 Å². The third-order valence-electron chi connectivity index (χ3n) is 5.08. The van der Waals surface area contributed by atoms with Crippen molar-refractivity contribution in [2.24, 2.45) is 5.92 Å². The van der Waals surface area contributed by atoms with Crippen LogP contribution in [-0.4, -0.2) is 41.1 Å². The zero-order valence-electron chi connectivity index (χ0n) is 17.7. The van der Waals surface area contributed by atoms with Crippen LogP contribution in [0.2, 0.25) is 5.02 Å². The fourth-order valence-corrected chi connectivity index (χ4v) is 3.65. The molecule has 3 amide bonds. The van der Waals surface area contributed by atoms with Crippen LogP contribution < -0.4 is 15.4 Å². The molecule has 166 valence electrons. The molecule has 7 nitrogen and oxygen atoms in total. The number of rotatable bonds is 6. The molecule has 1 saturated heterocycles. The number of hydrogen-bond acceptors (Lipinski definition) is 4. The molecular formula is C23H28ClN3O4. The second kappa shape index (κ2) is 10.4. The molecule has 8 heteroatoms. The minimum absolute atomic E-state index is 0.0302. The first-order valence-electron chi connectivity index (χ1n) is 10.4. The van der Waals surface area contributed by atoms with Crippen LogP contribution in [0, 0.1) is 5.92 Å². The van der Waals surface area contributed by atoms with Gasteiger partial charge in [-0.1, -0.05) is 23.7 Å². The van der Waals surface area contributed by atoms with E-state index in [1.54, 1.807) is 11.0 Å². The maximum Gasteiger partial charge on any atom is 0.317 e. The van der Waals surface area contributed by atoms with Gasteiger partial charge in [0.15, 0.2) is 0 Å². The van der Waals surface area contributed by atoms with Crippen molar-refractivity contribution >= 4 is 29.2 Å². The fourth-order valence-electron chi connectivity index (χ4n) is 3.48. The topological polar surface area (TPSA) is 90.9 Å². The van der Waals surface area contributed by atoms with Gasteiger partial charge in [-0.05, 0) is 62.6 Å². The van der Waals surface area contributed by atoms with Gasteiger partial charge in [-0.15, -0.1) is 0 Å². The van der Waals surface area contributed by atoms with E-state index in [0.717, 1.165) is 11.3 Å². The first-order valence-corrected chi connectivity index (χ1v) is 10.8. The van der Waals surface area contributed by atoms with Crippen LogP contribution in [-0.2, 0) is 11.3 Å². The van der Waals surface area contributed by atoms with Crippen LogP contribution in [0.1, 0.15) is 32.3 Å². The largest absolute Gasteiger partial charge is 0.506 e. The number of likely N-dealkylation sites (tertiary alicyclic amines) is 1. The number of anilines is 1. The molecule has 1 heterocycles. The molecule has 1 aliphatic heterocycles. The zero-order chi connectivity index (χ0) is 22.4. The molecule has 0 aromatic heterocycles. The van der Waals surface area contributed by atoms with Crippen LogP contribution in [0.15, 0.2) is 42.5 Å². The summed E-state index contributed by atoms with van der Waals surface area (Å²) >= 11 is 5.92. The summed E-state index contributed by atoms with van der Waals surface area (Å²) in [6.45, 7) is 5.32. The molecule has 0 unspecified atom stereocenters. The van der Waals surface area contributed by atoms with Gasteiger partial charge in [0.25, 0.3) is 0 Å². The number of aromatic hydroxyl groups is 1. The van der Waals surface area contributed by atoms with Crippen molar-refractivity contribution in [3.63, 3.8) is 0 Å². The molecule has 0 bridgehead atoms. The number of ether oxygens (including phenoxy) is 1. The number of hydrogen-bond donors (Lipinski definition) is 3. The molecule has 0 saturated carbocycles. The minimum atomic E-state index is -0.229. The Hall–Kier alpha value is -2.93. The third-order valence-corrected chi connectivity index (χ3v) is 5.32. The molecule has 1 fully saturated rings. The molecule has 31 heavy (non-hydrogen) atoms. The lowest BCUT2D eigenvalue weighted by Crippen LogP contribution is -2.45. The Bertz CT molecular complexity index is 927. The van der Waals surface area contributed by atoms with E-state index in [2.05, 4.69) is 10.6 Å². The van der Waals surface area contributed by atoms with Gasteiger partial charge in [-0.25, -0.2) is 4.79 Å². The Morgan fingerprint density at radius 2 is 1.94 bits per heavy atom. The summed E-state index contributed by atoms with van der Waals surface area (Å²) in [7, 11) is 0. The van der Waals surface area contributed by atoms with Crippen molar-refractivity contribution < 1.29 is 19.4 Å². The highest BCUT2D eigenvalue weighted by Gasteiger charge is 2.27. The summed E-state index contributed by atoms with van der Waals surface area (Å²) in [4.78, 5) is 26.8. The van der Waals surface area contributed by atoms with E-state index in [9.17, 15) is 14.7 Å². The number of piperidine rings is 1. The predicted molar refractivity (Wildman–Crippen MR) is 120 cm³/mol. The van der Waals surface area contributed by atoms with Gasteiger partial charge in [-0.2, -0.15) is 0 Å². The number of carbonyl (C=O) groups excluding carboxylic acids is 2. The maximum atomic E-state index is 12.5. The zero-order valence-corrected chi connectivity index (χ0v) is 18.5. The first kappa shape index (κ1) is 22.7. The smallest absolute Gasteiger partial charge is 0.317 e. The van der Waals surface area contributed by atoms with E-state index >= 15 is 0 Å². The van der Waals surface area contributed by atoms with Crippen molar-refractivity contribution in [1.82, 2.24) is 10.2 Å². The van der Waals surface area contributed by atoms with Gasteiger partial charge < -0.3 is 25.4 Å². The highest BCUT2D eigenvalue weighted by Crippen LogP contribution is 2.28. The predicted octanol–water partition coefficient (Wildman–Crippen LogP) is 4.39. The van der Waals surface area contributed by atoms with Crippen LogP contribution in [0.25, 0.3) is 0 Å². The number of carbonyl (C=O) groups is 2. The quantitative estimate of drug-likeness (QED) is 0.575. The Kier molecular flexibility index (Phi) is 7.63. The van der Waals surface area contributed by atoms with Gasteiger partial charge >= 0.3 is 6.03 Å². The summed E-state index contributed by atoms with van der Waals surface area (Å²) in [6.07, 6.45) is 1.20. The number of benzene rings is 2. The molecule has 0 spiro atoms. The summed E-state index contributed by atoms with van der Waals surface area (Å²) in [5, 5.41) is 16.0. The number of halogens is 1. The van der Waals surface area contributed by atoms with Crippen molar-refractivity contribution in [2.45, 2.75) is 39.3 Å². The molecule has 0 aliphatic carbocycles. The second-order valence-corrected chi connectivity index (χ2v) is 8.32. The molecule has 0 atom stereocenters. The van der Waals surface area contributed by atoms with Crippen LogP contribution >= 0.6 is 11.6 Å². The molecule has 0 radical (unpaired) electrons. The number of amides is 3. The molecule has 3 N–H and O–H groups in total. The Balaban J connectivity index is 1.46. The van der Waals surface area contributed by atoms with E-state index < -0.39 is 0 Å².